The third-order valence-electron chi connectivity index (χ3n) is 4.15. The number of carbonyl (C=O) groups is 1. The molecule has 4 rings (SSSR count). The fourth-order valence-electron chi connectivity index (χ4n) is 2.84. The van der Waals surface area contributed by atoms with Gasteiger partial charge in [-0.3, -0.25) is 4.79 Å². The number of nitrogens with zero attached hydrogens (tertiary/aromatic N) is 5. The van der Waals surface area contributed by atoms with Crippen LogP contribution in [0.15, 0.2) is 54.9 Å². The maximum atomic E-state index is 12.3. The van der Waals surface area contributed by atoms with E-state index in [-0.39, 0.29) is 11.6 Å². The van der Waals surface area contributed by atoms with Crippen LogP contribution >= 0.6 is 0 Å². The van der Waals surface area contributed by atoms with Crippen LogP contribution in [0.2, 0.25) is 0 Å². The average Bonchev–Trinajstić information content (AvgIpc) is 3.35. The highest BCUT2D eigenvalue weighted by atomic mass is 16.2. The molecule has 1 amide bonds. The lowest BCUT2D eigenvalue weighted by molar-refractivity contribution is 0.102. The lowest BCUT2D eigenvalue weighted by Crippen LogP contribution is -2.19. The predicted molar refractivity (Wildman–Crippen MR) is 95.0 cm³/mol. The Kier molecular flexibility index (Phi) is 4.12. The van der Waals surface area contributed by atoms with Crippen LogP contribution in [0.5, 0.6) is 0 Å². The summed E-state index contributed by atoms with van der Waals surface area (Å²) in [7, 11) is 0. The molecule has 0 bridgehead atoms. The van der Waals surface area contributed by atoms with Gasteiger partial charge in [0.25, 0.3) is 5.91 Å². The summed E-state index contributed by atoms with van der Waals surface area (Å²) in [6, 6.07) is 13.3. The summed E-state index contributed by atoms with van der Waals surface area (Å²) in [5, 5.41) is 11.2. The molecule has 0 aliphatic carbocycles. The first kappa shape index (κ1) is 15.3. The normalized spacial score (nSPS) is 13.8. The molecule has 0 unspecified atom stereocenters. The molecule has 0 saturated carbocycles. The Morgan fingerprint density at radius 3 is 2.52 bits per heavy atom. The number of benzene rings is 1. The van der Waals surface area contributed by atoms with Gasteiger partial charge in [-0.05, 0) is 37.1 Å². The van der Waals surface area contributed by atoms with E-state index < -0.39 is 0 Å². The Bertz CT molecular complexity index is 853. The monoisotopic (exact) mass is 334 g/mol. The fraction of sp³-hybridized carbons (Fsp3) is 0.222. The highest BCUT2D eigenvalue weighted by Gasteiger charge is 2.15. The maximum Gasteiger partial charge on any atom is 0.277 e. The van der Waals surface area contributed by atoms with Crippen molar-refractivity contribution in [2.75, 3.05) is 23.3 Å². The standard InChI is InChI=1S/C18H18N6O/c25-18(16-13-20-24(22-16)15-6-2-1-3-7-15)21-14-8-9-17(19-12-14)23-10-4-5-11-23/h1-3,6-9,12-13H,4-5,10-11H2,(H,21,25). The van der Waals surface area contributed by atoms with Crippen molar-refractivity contribution in [2.45, 2.75) is 12.8 Å². The smallest absolute Gasteiger partial charge is 0.277 e. The number of amides is 1. The zero-order valence-electron chi connectivity index (χ0n) is 13.7. The molecule has 126 valence electrons. The SMILES string of the molecule is O=C(Nc1ccc(N2CCCC2)nc1)c1cnn(-c2ccccc2)n1. The first-order valence-electron chi connectivity index (χ1n) is 8.30. The molecule has 0 spiro atoms. The topological polar surface area (TPSA) is 75.9 Å². The Balaban J connectivity index is 1.44. The molecule has 3 aromatic rings. The Morgan fingerprint density at radius 1 is 1.00 bits per heavy atom. The molecule has 1 aliphatic heterocycles. The van der Waals surface area contributed by atoms with Crippen LogP contribution in [0.3, 0.4) is 0 Å². The number of para-hydroxylation sites is 1. The predicted octanol–water partition coefficient (Wildman–Crippen LogP) is 2.51. The zero-order valence-corrected chi connectivity index (χ0v) is 13.7. The van der Waals surface area contributed by atoms with Crippen LogP contribution in [0.25, 0.3) is 5.69 Å². The number of anilines is 2. The minimum absolute atomic E-state index is 0.257. The van der Waals surface area contributed by atoms with Gasteiger partial charge in [-0.2, -0.15) is 9.90 Å². The number of rotatable bonds is 4. The van der Waals surface area contributed by atoms with Gasteiger partial charge in [0.2, 0.25) is 0 Å². The molecule has 7 nitrogen and oxygen atoms in total. The van der Waals surface area contributed by atoms with Gasteiger partial charge < -0.3 is 10.2 Å². The van der Waals surface area contributed by atoms with Crippen molar-refractivity contribution in [2.24, 2.45) is 0 Å². The molecular weight excluding hydrogens is 316 g/mol. The van der Waals surface area contributed by atoms with Gasteiger partial charge in [-0.25, -0.2) is 4.98 Å². The molecule has 0 radical (unpaired) electrons. The van der Waals surface area contributed by atoms with Crippen LogP contribution in [-0.2, 0) is 0 Å². The van der Waals surface area contributed by atoms with E-state index >= 15 is 0 Å². The lowest BCUT2D eigenvalue weighted by Gasteiger charge is -2.16. The van der Waals surface area contributed by atoms with Crippen LogP contribution < -0.4 is 10.2 Å². The second-order valence-corrected chi connectivity index (χ2v) is 5.91. The van der Waals surface area contributed by atoms with Crippen LogP contribution in [0.1, 0.15) is 23.3 Å². The lowest BCUT2D eigenvalue weighted by atomic mass is 10.3. The quantitative estimate of drug-likeness (QED) is 0.793. The van der Waals surface area contributed by atoms with Crippen LogP contribution in [0, 0.1) is 0 Å². The van der Waals surface area contributed by atoms with Crippen molar-refractivity contribution >= 4 is 17.4 Å². The summed E-state index contributed by atoms with van der Waals surface area (Å²) in [6.45, 7) is 2.09. The number of pyridine rings is 1. The highest BCUT2D eigenvalue weighted by molar-refractivity contribution is 6.02. The van der Waals surface area contributed by atoms with Crippen molar-refractivity contribution in [3.05, 3.63) is 60.6 Å². The third-order valence-corrected chi connectivity index (χ3v) is 4.15. The van der Waals surface area contributed by atoms with Crippen molar-refractivity contribution < 1.29 is 4.79 Å². The number of nitrogens with one attached hydrogen (secondary N) is 1. The fourth-order valence-corrected chi connectivity index (χ4v) is 2.84. The van der Waals surface area contributed by atoms with Crippen molar-refractivity contribution in [3.63, 3.8) is 0 Å². The summed E-state index contributed by atoms with van der Waals surface area (Å²) >= 11 is 0. The molecule has 0 atom stereocenters. The van der Waals surface area contributed by atoms with E-state index in [1.807, 2.05) is 42.5 Å². The maximum absolute atomic E-state index is 12.3. The first-order valence-corrected chi connectivity index (χ1v) is 8.30. The Morgan fingerprint density at radius 2 is 1.80 bits per heavy atom. The van der Waals surface area contributed by atoms with Gasteiger partial charge in [-0.1, -0.05) is 18.2 Å². The molecular formula is C18H18N6O. The van der Waals surface area contributed by atoms with Gasteiger partial charge in [0.05, 0.1) is 23.8 Å². The number of carbonyl (C=O) groups excluding carboxylic acids is 1. The van der Waals surface area contributed by atoms with E-state index in [4.69, 9.17) is 0 Å². The average molecular weight is 334 g/mol. The van der Waals surface area contributed by atoms with E-state index in [2.05, 4.69) is 25.4 Å². The minimum atomic E-state index is -0.307. The highest BCUT2D eigenvalue weighted by Crippen LogP contribution is 2.19. The van der Waals surface area contributed by atoms with Crippen molar-refractivity contribution in [1.29, 1.82) is 0 Å². The number of hydrogen-bond donors (Lipinski definition) is 1. The van der Waals surface area contributed by atoms with E-state index in [1.165, 1.54) is 23.8 Å². The van der Waals surface area contributed by atoms with E-state index in [0.717, 1.165) is 24.6 Å². The van der Waals surface area contributed by atoms with Crippen molar-refractivity contribution in [1.82, 2.24) is 20.0 Å². The summed E-state index contributed by atoms with van der Waals surface area (Å²) in [5.41, 5.74) is 1.70. The van der Waals surface area contributed by atoms with Crippen LogP contribution in [-0.4, -0.2) is 39.0 Å². The van der Waals surface area contributed by atoms with E-state index in [0.29, 0.717) is 5.69 Å². The van der Waals surface area contributed by atoms with E-state index in [1.54, 1.807) is 6.20 Å². The summed E-state index contributed by atoms with van der Waals surface area (Å²) in [5.74, 6) is 0.642. The molecule has 1 saturated heterocycles. The summed E-state index contributed by atoms with van der Waals surface area (Å²) < 4.78 is 0. The molecule has 2 aromatic heterocycles. The third kappa shape index (κ3) is 3.35. The minimum Gasteiger partial charge on any atom is -0.357 e. The molecule has 3 heterocycles. The van der Waals surface area contributed by atoms with E-state index in [9.17, 15) is 4.79 Å². The molecule has 1 aliphatic rings. The van der Waals surface area contributed by atoms with Crippen LogP contribution in [0.4, 0.5) is 11.5 Å². The first-order chi connectivity index (χ1) is 12.3. The van der Waals surface area contributed by atoms with Gasteiger partial charge in [0.1, 0.15) is 5.82 Å². The summed E-state index contributed by atoms with van der Waals surface area (Å²) in [6.07, 6.45) is 5.54. The van der Waals surface area contributed by atoms with Gasteiger partial charge in [0.15, 0.2) is 5.69 Å². The second-order valence-electron chi connectivity index (χ2n) is 5.91. The Hall–Kier alpha value is -3.22. The Labute approximate surface area is 145 Å². The molecule has 7 heteroatoms. The molecule has 1 N–H and O–H groups in total. The van der Waals surface area contributed by atoms with Gasteiger partial charge in [-0.15, -0.1) is 5.10 Å². The second kappa shape index (κ2) is 6.72. The summed E-state index contributed by atoms with van der Waals surface area (Å²) in [4.78, 5) is 20.4. The number of aromatic nitrogens is 4. The number of hydrogen-bond acceptors (Lipinski definition) is 5. The molecule has 1 fully saturated rings. The van der Waals surface area contributed by atoms with Gasteiger partial charge in [0, 0.05) is 13.1 Å². The molecule has 25 heavy (non-hydrogen) atoms. The zero-order chi connectivity index (χ0) is 17.1. The largest absolute Gasteiger partial charge is 0.357 e. The van der Waals surface area contributed by atoms with Crippen molar-refractivity contribution in [3.8, 4) is 5.69 Å². The van der Waals surface area contributed by atoms with Gasteiger partial charge >= 0.3 is 0 Å². The molecule has 1 aromatic carbocycles.